The van der Waals surface area contributed by atoms with Crippen molar-refractivity contribution in [3.05, 3.63) is 178 Å². The van der Waals surface area contributed by atoms with Crippen LogP contribution in [0.2, 0.25) is 0 Å². The van der Waals surface area contributed by atoms with Crippen molar-refractivity contribution < 1.29 is 50.4 Å². The highest BCUT2D eigenvalue weighted by Gasteiger charge is 2.46. The highest BCUT2D eigenvalue weighted by molar-refractivity contribution is 8.00. The molecule has 0 amide bonds. The third-order valence-electron chi connectivity index (χ3n) is 13.7. The number of carbonyl (C=O) groups is 2. The van der Waals surface area contributed by atoms with Gasteiger partial charge in [-0.05, 0) is 126 Å². The molecule has 1 atom stereocenters. The van der Waals surface area contributed by atoms with Crippen molar-refractivity contribution in [2.75, 3.05) is 36.1 Å². The third kappa shape index (κ3) is 9.31. The molecule has 3 heterocycles. The van der Waals surface area contributed by atoms with E-state index in [1.165, 1.54) is 36.8 Å². The molecule has 0 bridgehead atoms. The van der Waals surface area contributed by atoms with Crippen LogP contribution in [-0.4, -0.2) is 76.3 Å². The Labute approximate surface area is 414 Å². The molecule has 0 saturated carbocycles. The van der Waals surface area contributed by atoms with Crippen molar-refractivity contribution in [3.63, 3.8) is 0 Å². The Morgan fingerprint density at radius 3 is 2.15 bits per heavy atom. The van der Waals surface area contributed by atoms with Gasteiger partial charge < -0.3 is 23.8 Å². The summed E-state index contributed by atoms with van der Waals surface area (Å²) in [7, 11) is -7.88. The minimum absolute atomic E-state index is 0.131. The number of allylic oxidation sites excluding steroid dienone is 7. The van der Waals surface area contributed by atoms with Crippen LogP contribution in [0, 0.1) is 0 Å². The maximum Gasteiger partial charge on any atom is 0.302 e. The molecular weight excluding hydrogens is 939 g/mol. The predicted octanol–water partition coefficient (Wildman–Crippen LogP) is 10.1. The van der Waals surface area contributed by atoms with Crippen molar-refractivity contribution in [3.8, 4) is 0 Å². The van der Waals surface area contributed by atoms with Gasteiger partial charge in [-0.3, -0.25) is 9.59 Å². The molecule has 13 nitrogen and oxygen atoms in total. The molecular formula is C56H55N3O10S2. The van der Waals surface area contributed by atoms with Gasteiger partial charge in [-0.2, -0.15) is 4.58 Å². The standard InChI is InChI=1S/C56H55N3O10S2/c1-37(60)67-32-30-57-48-25-19-41-35-45(71(64,65)66)23-24-46(41)52(48)55(3,4)50(57)27-21-39-17-18-40(54(39)59(43-13-9-7-10-14-43)44-15-11-8-12-16-44)22-28-51-56(5,6)53-47-29-34-70(63,69-62)36-42(47)20-26-49(53)58(51)31-33-68-38(2)61/h7-16,19-29,34-36H,17-18,30-33H2,1-6H3,(H-,62,64,65,66). The molecule has 1 N–H and O–H groups in total. The van der Waals surface area contributed by atoms with Crippen LogP contribution >= 0.6 is 0 Å². The van der Waals surface area contributed by atoms with Crippen LogP contribution in [0.4, 0.5) is 22.7 Å². The van der Waals surface area contributed by atoms with E-state index in [2.05, 4.69) is 95.0 Å². The lowest BCUT2D eigenvalue weighted by molar-refractivity contribution is -0.440. The number of para-hydroxylation sites is 2. The monoisotopic (exact) mass is 993 g/mol. The van der Waals surface area contributed by atoms with Crippen molar-refractivity contribution >= 4 is 82.5 Å². The second kappa shape index (κ2) is 19.0. The number of nitrogens with zero attached hydrogens (tertiary/aromatic N) is 3. The Balaban J connectivity index is 1.21. The van der Waals surface area contributed by atoms with Crippen LogP contribution in [0.15, 0.2) is 160 Å². The van der Waals surface area contributed by atoms with Crippen LogP contribution < -0.4 is 9.80 Å². The first kappa shape index (κ1) is 49.1. The van der Waals surface area contributed by atoms with Gasteiger partial charge in [0.05, 0.1) is 22.6 Å². The summed E-state index contributed by atoms with van der Waals surface area (Å²) in [6.07, 6.45) is 11.8. The fourth-order valence-electron chi connectivity index (χ4n) is 10.6. The number of benzene rings is 5. The predicted molar refractivity (Wildman–Crippen MR) is 277 cm³/mol. The molecule has 4 aliphatic rings. The Hall–Kier alpha value is -6.88. The number of carbonyl (C=O) groups excluding carboxylic acids is 2. The van der Waals surface area contributed by atoms with Gasteiger partial charge in [0.25, 0.3) is 0 Å². The van der Waals surface area contributed by atoms with Crippen LogP contribution in [0.5, 0.6) is 0 Å². The quantitative estimate of drug-likeness (QED) is 0.0280. The highest BCUT2D eigenvalue weighted by atomic mass is 32.2. The Morgan fingerprint density at radius 2 is 1.51 bits per heavy atom. The van der Waals surface area contributed by atoms with Crippen LogP contribution in [0.3, 0.4) is 0 Å². The highest BCUT2D eigenvalue weighted by Crippen LogP contribution is 2.52. The van der Waals surface area contributed by atoms with E-state index < -0.39 is 30.8 Å². The van der Waals surface area contributed by atoms with E-state index in [1.807, 2.05) is 60.7 Å². The van der Waals surface area contributed by atoms with Crippen molar-refractivity contribution in [2.45, 2.75) is 70.1 Å². The Bertz CT molecular complexity index is 3410. The molecule has 1 aliphatic carbocycles. The molecule has 15 heteroatoms. The van der Waals surface area contributed by atoms with Gasteiger partial charge in [0, 0.05) is 70.5 Å². The average molecular weight is 994 g/mol. The molecule has 366 valence electrons. The van der Waals surface area contributed by atoms with Gasteiger partial charge >= 0.3 is 11.9 Å². The smallest absolute Gasteiger partial charge is 0.302 e. The van der Waals surface area contributed by atoms with Crippen LogP contribution in [0.25, 0.3) is 16.8 Å². The average Bonchev–Trinajstić information content (AvgIpc) is 3.90. The number of fused-ring (bicyclic) bond motifs is 6. The fourth-order valence-corrected chi connectivity index (χ4v) is 12.2. The first-order valence-corrected chi connectivity index (χ1v) is 26.4. The van der Waals surface area contributed by atoms with Gasteiger partial charge in [0.15, 0.2) is 18.9 Å². The zero-order valence-corrected chi connectivity index (χ0v) is 42.0. The van der Waals surface area contributed by atoms with E-state index in [1.54, 1.807) is 12.1 Å². The molecule has 71 heavy (non-hydrogen) atoms. The van der Waals surface area contributed by atoms with Crippen molar-refractivity contribution in [2.24, 2.45) is 0 Å². The van der Waals surface area contributed by atoms with Gasteiger partial charge in [0.1, 0.15) is 26.5 Å². The number of rotatable bonds is 14. The summed E-state index contributed by atoms with van der Waals surface area (Å²) in [6, 6.07) is 32.5. The summed E-state index contributed by atoms with van der Waals surface area (Å²) in [5.41, 5.74) is 11.0. The minimum Gasteiger partial charge on any atom is -0.744 e. The van der Waals surface area contributed by atoms with E-state index in [4.69, 9.17) is 9.47 Å². The molecule has 0 saturated heterocycles. The summed E-state index contributed by atoms with van der Waals surface area (Å²) < 4.78 is 66.9. The van der Waals surface area contributed by atoms with Gasteiger partial charge in [-0.1, -0.05) is 74.5 Å². The van der Waals surface area contributed by atoms with E-state index in [-0.39, 0.29) is 30.0 Å². The SMILES string of the molecule is CC(=O)OCCN1/C(=C/C=C2\CCC(/C=C/C3=[N+](CCOC(C)=O)c4ccc5cc(S(=O)(=O)[O-])ccc5c4C3(C)C)=C2N(c2ccccc2)c2ccccc2)C(C)(C)c2c1ccc1c2C=CS(=O)(OO)=C1. The summed E-state index contributed by atoms with van der Waals surface area (Å²) in [5.74, 6) is -0.767. The lowest BCUT2D eigenvalue weighted by Gasteiger charge is -2.29. The zero-order chi connectivity index (χ0) is 50.5. The molecule has 0 radical (unpaired) electrons. The summed E-state index contributed by atoms with van der Waals surface area (Å²) in [4.78, 5) is 28.2. The summed E-state index contributed by atoms with van der Waals surface area (Å²) in [5, 5.41) is 13.8. The van der Waals surface area contributed by atoms with Crippen LogP contribution in [0.1, 0.15) is 76.6 Å². The Morgan fingerprint density at radius 1 is 0.831 bits per heavy atom. The molecule has 0 fully saturated rings. The van der Waals surface area contributed by atoms with Crippen molar-refractivity contribution in [1.29, 1.82) is 0 Å². The minimum atomic E-state index is -4.68. The number of ether oxygens (including phenoxy) is 2. The number of hydrogen-bond acceptors (Lipinski definition) is 12. The lowest BCUT2D eigenvalue weighted by atomic mass is 9.79. The largest absolute Gasteiger partial charge is 0.744 e. The second-order valence-corrected chi connectivity index (χ2v) is 22.1. The maximum atomic E-state index is 13.1. The topological polar surface area (TPSA) is 166 Å². The van der Waals surface area contributed by atoms with E-state index in [0.717, 1.165) is 73.1 Å². The first-order chi connectivity index (χ1) is 33.8. The van der Waals surface area contributed by atoms with Gasteiger partial charge in [0.2, 0.25) is 5.69 Å². The normalized spacial score (nSPS) is 19.9. The van der Waals surface area contributed by atoms with E-state index >= 15 is 0 Å². The Kier molecular flexibility index (Phi) is 13.2. The first-order valence-electron chi connectivity index (χ1n) is 23.4. The van der Waals surface area contributed by atoms with E-state index in [9.17, 15) is 32.0 Å². The third-order valence-corrected chi connectivity index (χ3v) is 15.9. The van der Waals surface area contributed by atoms with Gasteiger partial charge in [-0.25, -0.2) is 17.9 Å². The molecule has 5 aromatic carbocycles. The van der Waals surface area contributed by atoms with E-state index in [0.29, 0.717) is 36.9 Å². The molecule has 1 unspecified atom stereocenters. The lowest BCUT2D eigenvalue weighted by Crippen LogP contribution is -2.29. The van der Waals surface area contributed by atoms with Crippen molar-refractivity contribution in [1.82, 2.24) is 0 Å². The molecule has 0 spiro atoms. The summed E-state index contributed by atoms with van der Waals surface area (Å²) in [6.45, 7) is 12.3. The zero-order valence-electron chi connectivity index (χ0n) is 40.4. The maximum absolute atomic E-state index is 13.1. The van der Waals surface area contributed by atoms with Crippen LogP contribution in [-0.2, 0) is 54.1 Å². The fraction of sp³-hybridized carbons (Fsp3) is 0.250. The number of esters is 2. The molecule has 3 aliphatic heterocycles. The summed E-state index contributed by atoms with van der Waals surface area (Å²) >= 11 is 0. The number of anilines is 3. The molecule has 5 aromatic rings. The molecule has 9 rings (SSSR count). The second-order valence-electron chi connectivity index (χ2n) is 18.9. The van der Waals surface area contributed by atoms with Gasteiger partial charge in [-0.15, -0.1) is 4.33 Å². The molecule has 0 aromatic heterocycles. The number of hydrogen-bond donors (Lipinski definition) is 1.